The Kier molecular flexibility index (Phi) is 13.6. The Balaban J connectivity index is 0.00000588. The van der Waals surface area contributed by atoms with Gasteiger partial charge in [-0.3, -0.25) is 9.59 Å². The number of nitrogens with one attached hydrogen (secondary N) is 2. The highest BCUT2D eigenvalue weighted by Crippen LogP contribution is 2.23. The molecule has 0 bridgehead atoms. The van der Waals surface area contributed by atoms with Crippen LogP contribution in [0.4, 0.5) is 10.1 Å². The van der Waals surface area contributed by atoms with Gasteiger partial charge in [-0.15, -0.1) is 35.6 Å². The fourth-order valence-electron chi connectivity index (χ4n) is 4.39. The zero-order valence-corrected chi connectivity index (χ0v) is 25.5. The average molecular weight is 631 g/mol. The summed E-state index contributed by atoms with van der Waals surface area (Å²) in [7, 11) is 1.83. The van der Waals surface area contributed by atoms with E-state index in [1.807, 2.05) is 29.8 Å². The number of imidazole rings is 1. The first-order chi connectivity index (χ1) is 19.2. The number of esters is 1. The van der Waals surface area contributed by atoms with Crippen LogP contribution in [0.2, 0.25) is 0 Å². The molecule has 3 aromatic rings. The van der Waals surface area contributed by atoms with Crippen molar-refractivity contribution >= 4 is 70.1 Å². The number of alkyl halides is 2. The van der Waals surface area contributed by atoms with Crippen LogP contribution in [-0.4, -0.2) is 70.9 Å². The van der Waals surface area contributed by atoms with Gasteiger partial charge in [0.1, 0.15) is 23.7 Å². The van der Waals surface area contributed by atoms with Crippen molar-refractivity contribution in [2.45, 2.75) is 38.8 Å². The van der Waals surface area contributed by atoms with Gasteiger partial charge in [0.25, 0.3) is 0 Å². The summed E-state index contributed by atoms with van der Waals surface area (Å²) in [6.45, 7) is 4.36. The van der Waals surface area contributed by atoms with Gasteiger partial charge in [-0.05, 0) is 42.8 Å². The molecule has 0 radical (unpaired) electrons. The maximum atomic E-state index is 13.4. The number of nitrogens with zero attached hydrogens (tertiary/aromatic N) is 3. The van der Waals surface area contributed by atoms with Crippen molar-refractivity contribution < 1.29 is 23.5 Å². The number of aryl methyl sites for hydroxylation is 1. The van der Waals surface area contributed by atoms with Crippen LogP contribution in [-0.2, 0) is 39.0 Å². The zero-order valence-electron chi connectivity index (χ0n) is 23.2. The van der Waals surface area contributed by atoms with Crippen LogP contribution in [0.3, 0.4) is 0 Å². The molecule has 2 N–H and O–H groups in total. The van der Waals surface area contributed by atoms with Gasteiger partial charge in [0, 0.05) is 57.3 Å². The third-order valence-corrected chi connectivity index (χ3v) is 6.69. The number of carbonyl (C=O) groups excluding carboxylic acids is 3. The van der Waals surface area contributed by atoms with Crippen molar-refractivity contribution in [3.63, 3.8) is 0 Å². The number of hydrogen-bond acceptors (Lipinski definition) is 6. The normalized spacial score (nSPS) is 12.2. The number of anilines is 1. The second-order valence-corrected chi connectivity index (χ2v) is 9.98. The number of benzene rings is 2. The molecule has 2 amide bonds. The lowest BCUT2D eigenvalue weighted by Gasteiger charge is -2.22. The highest BCUT2D eigenvalue weighted by Gasteiger charge is 2.29. The van der Waals surface area contributed by atoms with Crippen molar-refractivity contribution in [2.24, 2.45) is 7.05 Å². The monoisotopic (exact) mass is 629 g/mol. The van der Waals surface area contributed by atoms with E-state index in [9.17, 15) is 18.8 Å². The Bertz CT molecular complexity index is 1320. The lowest BCUT2D eigenvalue weighted by Crippen LogP contribution is -2.53. The molecule has 2 atom stereocenters. The number of rotatable bonds is 14. The first-order valence-electron chi connectivity index (χ1n) is 13.0. The Morgan fingerprint density at radius 1 is 1.02 bits per heavy atom. The molecule has 1 heterocycles. The van der Waals surface area contributed by atoms with Crippen LogP contribution < -0.4 is 15.5 Å². The molecule has 2 aromatic carbocycles. The number of hydrogen-bond donors (Lipinski definition) is 2. The molecule has 3 rings (SSSR count). The van der Waals surface area contributed by atoms with Gasteiger partial charge in [0.2, 0.25) is 11.8 Å². The van der Waals surface area contributed by atoms with Gasteiger partial charge >= 0.3 is 5.97 Å². The highest BCUT2D eigenvalue weighted by atomic mass is 35.5. The Labute approximate surface area is 255 Å². The second-order valence-electron chi connectivity index (χ2n) is 9.23. The fourth-order valence-corrected chi connectivity index (χ4v) is 4.80. The van der Waals surface area contributed by atoms with Crippen molar-refractivity contribution in [1.82, 2.24) is 20.2 Å². The molecular weight excluding hydrogens is 596 g/mol. The molecule has 0 fully saturated rings. The summed E-state index contributed by atoms with van der Waals surface area (Å²) >= 11 is 11.9. The molecule has 0 aliphatic heterocycles. The Hall–Kier alpha value is -3.08. The van der Waals surface area contributed by atoms with E-state index in [1.165, 1.54) is 31.2 Å². The van der Waals surface area contributed by atoms with Crippen LogP contribution in [0.1, 0.15) is 25.2 Å². The van der Waals surface area contributed by atoms with Crippen LogP contribution in [0.15, 0.2) is 42.5 Å². The molecule has 0 saturated carbocycles. The number of aromatic nitrogens is 2. The molecule has 0 aliphatic carbocycles. The fraction of sp³-hybridized carbons (Fsp3) is 0.429. The van der Waals surface area contributed by atoms with Gasteiger partial charge in [-0.25, -0.2) is 14.2 Å². The molecule has 1 aromatic heterocycles. The van der Waals surface area contributed by atoms with Gasteiger partial charge in [-0.2, -0.15) is 0 Å². The number of ether oxygens (including phenoxy) is 1. The summed E-state index contributed by atoms with van der Waals surface area (Å²) in [6, 6.07) is 9.41. The smallest absolute Gasteiger partial charge is 0.328 e. The predicted octanol–water partition coefficient (Wildman–Crippen LogP) is 3.76. The average Bonchev–Trinajstić information content (AvgIpc) is 3.23. The van der Waals surface area contributed by atoms with E-state index in [-0.39, 0.29) is 31.9 Å². The molecule has 0 aliphatic rings. The van der Waals surface area contributed by atoms with E-state index in [0.29, 0.717) is 41.8 Å². The number of carbonyl (C=O) groups is 3. The van der Waals surface area contributed by atoms with E-state index in [4.69, 9.17) is 32.9 Å². The Morgan fingerprint density at radius 3 is 2.27 bits per heavy atom. The standard InChI is InChI=1S/C28H34Cl2FN5O4.ClH/c1-4-40-28(39)24(15-19-5-7-20(31)8-6-19)34-27(38)23(32-18(2)37)17-26-33-22-16-21(9-10-25(22)35(26)3)36(13-11-29)14-12-30;/h5-10,16,23-24H,4,11-15,17H2,1-3H3,(H,32,37)(H,34,38);1H/t23-,24-;/m0./s1. The zero-order chi connectivity index (χ0) is 29.2. The van der Waals surface area contributed by atoms with E-state index >= 15 is 0 Å². The van der Waals surface area contributed by atoms with Crippen LogP contribution in [0, 0.1) is 5.82 Å². The largest absolute Gasteiger partial charge is 0.464 e. The van der Waals surface area contributed by atoms with Crippen LogP contribution in [0.25, 0.3) is 11.0 Å². The van der Waals surface area contributed by atoms with E-state index in [1.54, 1.807) is 6.92 Å². The topological polar surface area (TPSA) is 106 Å². The summed E-state index contributed by atoms with van der Waals surface area (Å²) in [6.07, 6.45) is 0.166. The third kappa shape index (κ3) is 9.48. The molecule has 0 spiro atoms. The van der Waals surface area contributed by atoms with Gasteiger partial charge in [-0.1, -0.05) is 12.1 Å². The summed E-state index contributed by atoms with van der Waals surface area (Å²) in [5, 5.41) is 5.37. The second kappa shape index (κ2) is 16.4. The van der Waals surface area contributed by atoms with Gasteiger partial charge < -0.3 is 24.8 Å². The third-order valence-electron chi connectivity index (χ3n) is 6.35. The molecule has 0 saturated heterocycles. The molecule has 224 valence electrons. The minimum atomic E-state index is -1.04. The first-order valence-corrected chi connectivity index (χ1v) is 14.0. The highest BCUT2D eigenvalue weighted by molar-refractivity contribution is 6.18. The molecule has 9 nitrogen and oxygen atoms in total. The number of fused-ring (bicyclic) bond motifs is 1. The van der Waals surface area contributed by atoms with Gasteiger partial charge in [0.15, 0.2) is 0 Å². The van der Waals surface area contributed by atoms with Crippen LogP contribution >= 0.6 is 35.6 Å². The summed E-state index contributed by atoms with van der Waals surface area (Å²) in [5.41, 5.74) is 3.12. The first kappa shape index (κ1) is 34.1. The van der Waals surface area contributed by atoms with Crippen molar-refractivity contribution in [3.05, 3.63) is 59.7 Å². The van der Waals surface area contributed by atoms with Crippen molar-refractivity contribution in [3.8, 4) is 0 Å². The number of amides is 2. The maximum Gasteiger partial charge on any atom is 0.328 e. The summed E-state index contributed by atoms with van der Waals surface area (Å²) in [5.74, 6) is -0.562. The SMILES string of the molecule is CCOC(=O)[C@H](Cc1ccc(F)cc1)NC(=O)[C@H](Cc1nc2cc(N(CCCl)CCCl)ccc2n1C)NC(C)=O.Cl. The minimum absolute atomic E-state index is 0. The summed E-state index contributed by atoms with van der Waals surface area (Å²) in [4.78, 5) is 44.9. The number of halogens is 4. The minimum Gasteiger partial charge on any atom is -0.464 e. The molecule has 13 heteroatoms. The quantitative estimate of drug-likeness (QED) is 0.208. The lowest BCUT2D eigenvalue weighted by atomic mass is 10.0. The van der Waals surface area contributed by atoms with Crippen LogP contribution in [0.5, 0.6) is 0 Å². The van der Waals surface area contributed by atoms with E-state index in [2.05, 4.69) is 15.5 Å². The summed E-state index contributed by atoms with van der Waals surface area (Å²) < 4.78 is 20.4. The van der Waals surface area contributed by atoms with E-state index < -0.39 is 35.7 Å². The van der Waals surface area contributed by atoms with Gasteiger partial charge in [0.05, 0.1) is 17.6 Å². The lowest BCUT2D eigenvalue weighted by molar-refractivity contribution is -0.147. The Morgan fingerprint density at radius 2 is 1.68 bits per heavy atom. The maximum absolute atomic E-state index is 13.4. The van der Waals surface area contributed by atoms with Crippen molar-refractivity contribution in [1.29, 1.82) is 0 Å². The predicted molar refractivity (Wildman–Crippen MR) is 162 cm³/mol. The molecule has 0 unspecified atom stereocenters. The molecule has 41 heavy (non-hydrogen) atoms. The van der Waals surface area contributed by atoms with Crippen molar-refractivity contribution in [2.75, 3.05) is 36.4 Å². The molecular formula is C28H35Cl3FN5O4. The van der Waals surface area contributed by atoms with E-state index in [0.717, 1.165) is 11.2 Å².